The summed E-state index contributed by atoms with van der Waals surface area (Å²) in [4.78, 5) is 12.0. The number of hydrogen-bond donors (Lipinski definition) is 3. The minimum atomic E-state index is -1.60. The van der Waals surface area contributed by atoms with E-state index in [4.69, 9.17) is 0 Å². The first kappa shape index (κ1) is 17.6. The Bertz CT molecular complexity index is 601. The van der Waals surface area contributed by atoms with Crippen molar-refractivity contribution in [2.45, 2.75) is 57.7 Å². The third kappa shape index (κ3) is 4.37. The first-order chi connectivity index (χ1) is 10.5. The van der Waals surface area contributed by atoms with Crippen molar-refractivity contribution in [3.8, 4) is 0 Å². The Kier molecular flexibility index (Phi) is 4.61. The van der Waals surface area contributed by atoms with Crippen molar-refractivity contribution in [2.75, 3.05) is 5.32 Å². The maximum absolute atomic E-state index is 13.6. The number of urea groups is 1. The van der Waals surface area contributed by atoms with Crippen molar-refractivity contribution < 1.29 is 18.0 Å². The Morgan fingerprint density at radius 2 is 1.65 bits per heavy atom. The molecule has 1 aromatic carbocycles. The Balaban J connectivity index is 2.04. The zero-order valence-electron chi connectivity index (χ0n) is 13.7. The van der Waals surface area contributed by atoms with E-state index >= 15 is 0 Å². The van der Waals surface area contributed by atoms with Crippen molar-refractivity contribution in [2.24, 2.45) is 0 Å². The minimum absolute atomic E-state index is 0.116. The fourth-order valence-electron chi connectivity index (χ4n) is 3.39. The average molecular weight is 329 g/mol. The highest BCUT2D eigenvalue weighted by Gasteiger charge is 2.38. The van der Waals surface area contributed by atoms with Crippen molar-refractivity contribution >= 4 is 11.7 Å². The first-order valence-electron chi connectivity index (χ1n) is 7.49. The molecule has 23 heavy (non-hydrogen) atoms. The van der Waals surface area contributed by atoms with Crippen LogP contribution in [0.2, 0.25) is 0 Å². The number of anilines is 1. The van der Waals surface area contributed by atoms with E-state index in [1.165, 1.54) is 0 Å². The lowest BCUT2D eigenvalue weighted by Gasteiger charge is -2.46. The zero-order valence-corrected chi connectivity index (χ0v) is 13.7. The molecule has 4 nitrogen and oxygen atoms in total. The highest BCUT2D eigenvalue weighted by Crippen LogP contribution is 2.28. The monoisotopic (exact) mass is 329 g/mol. The number of nitrogens with one attached hydrogen (secondary N) is 3. The molecule has 7 heteroatoms. The molecular formula is C16H22F3N3O. The molecule has 1 aliphatic rings. The number of rotatable bonds is 2. The fourth-order valence-corrected chi connectivity index (χ4v) is 3.39. The Hall–Kier alpha value is -1.76. The van der Waals surface area contributed by atoms with Crippen LogP contribution in [0.25, 0.3) is 0 Å². The van der Waals surface area contributed by atoms with Gasteiger partial charge in [0.05, 0.1) is 5.69 Å². The standard InChI is InChI=1S/C16H22F3N3O/c1-15(2)7-9(8-16(3,4)22-15)20-14(23)21-11-6-5-10(17)12(18)13(11)19/h5-6,9,22H,7-8H2,1-4H3,(H2,20,21,23). The second-order valence-corrected chi connectivity index (χ2v) is 7.32. The van der Waals surface area contributed by atoms with Crippen molar-refractivity contribution in [3.63, 3.8) is 0 Å². The van der Waals surface area contributed by atoms with Gasteiger partial charge in [0.15, 0.2) is 17.5 Å². The van der Waals surface area contributed by atoms with Gasteiger partial charge in [-0.1, -0.05) is 0 Å². The normalized spacial score (nSPS) is 20.1. The van der Waals surface area contributed by atoms with Gasteiger partial charge in [-0.05, 0) is 52.7 Å². The van der Waals surface area contributed by atoms with Crippen LogP contribution in [0.5, 0.6) is 0 Å². The molecule has 3 N–H and O–H groups in total. The van der Waals surface area contributed by atoms with E-state index in [1.807, 2.05) is 27.7 Å². The Labute approximate surface area is 133 Å². The van der Waals surface area contributed by atoms with Gasteiger partial charge in [-0.25, -0.2) is 18.0 Å². The van der Waals surface area contributed by atoms with Crippen molar-refractivity contribution in [3.05, 3.63) is 29.6 Å². The smallest absolute Gasteiger partial charge is 0.319 e. The van der Waals surface area contributed by atoms with Gasteiger partial charge in [0.2, 0.25) is 0 Å². The van der Waals surface area contributed by atoms with E-state index < -0.39 is 29.2 Å². The fraction of sp³-hybridized carbons (Fsp3) is 0.562. The summed E-state index contributed by atoms with van der Waals surface area (Å²) in [5.41, 5.74) is -0.714. The number of halogens is 3. The molecule has 0 radical (unpaired) electrons. The molecule has 0 atom stereocenters. The molecular weight excluding hydrogens is 307 g/mol. The van der Waals surface area contributed by atoms with Gasteiger partial charge < -0.3 is 16.0 Å². The number of amides is 2. The predicted molar refractivity (Wildman–Crippen MR) is 82.8 cm³/mol. The van der Waals surface area contributed by atoms with E-state index in [-0.39, 0.29) is 17.1 Å². The molecule has 0 saturated carbocycles. The SMILES string of the molecule is CC1(C)CC(NC(=O)Nc2ccc(F)c(F)c2F)CC(C)(C)N1. The van der Waals surface area contributed by atoms with Gasteiger partial charge in [0.1, 0.15) is 0 Å². The maximum atomic E-state index is 13.6. The predicted octanol–water partition coefficient (Wildman–Crippen LogP) is 3.53. The highest BCUT2D eigenvalue weighted by molar-refractivity contribution is 5.89. The van der Waals surface area contributed by atoms with Gasteiger partial charge >= 0.3 is 6.03 Å². The highest BCUT2D eigenvalue weighted by atomic mass is 19.2. The Morgan fingerprint density at radius 3 is 2.22 bits per heavy atom. The topological polar surface area (TPSA) is 53.2 Å². The second kappa shape index (κ2) is 6.03. The average Bonchev–Trinajstić information content (AvgIpc) is 2.35. The molecule has 1 aromatic rings. The number of carbonyl (C=O) groups excluding carboxylic acids is 1. The van der Waals surface area contributed by atoms with E-state index in [0.29, 0.717) is 12.8 Å². The summed E-state index contributed by atoms with van der Waals surface area (Å²) in [6.07, 6.45) is 1.40. The molecule has 0 spiro atoms. The largest absolute Gasteiger partial charge is 0.335 e. The summed E-state index contributed by atoms with van der Waals surface area (Å²) in [5.74, 6) is -4.31. The third-order valence-electron chi connectivity index (χ3n) is 3.81. The Morgan fingerprint density at radius 1 is 1.09 bits per heavy atom. The molecule has 2 rings (SSSR count). The molecule has 0 aliphatic carbocycles. The summed E-state index contributed by atoms with van der Waals surface area (Å²) in [7, 11) is 0. The number of benzene rings is 1. The van der Waals surface area contributed by atoms with Crippen molar-refractivity contribution in [1.29, 1.82) is 0 Å². The second-order valence-electron chi connectivity index (χ2n) is 7.32. The summed E-state index contributed by atoms with van der Waals surface area (Å²) < 4.78 is 39.6. The molecule has 2 amide bonds. The van der Waals surface area contributed by atoms with Gasteiger partial charge in [-0.2, -0.15) is 0 Å². The summed E-state index contributed by atoms with van der Waals surface area (Å²) in [6.45, 7) is 8.15. The van der Waals surface area contributed by atoms with E-state index in [0.717, 1.165) is 12.1 Å². The van der Waals surface area contributed by atoms with Crippen LogP contribution in [-0.2, 0) is 0 Å². The molecule has 1 saturated heterocycles. The van der Waals surface area contributed by atoms with Crippen LogP contribution in [0.3, 0.4) is 0 Å². The molecule has 128 valence electrons. The lowest BCUT2D eigenvalue weighted by Crippen LogP contribution is -2.62. The molecule has 1 fully saturated rings. The molecule has 0 bridgehead atoms. The molecule has 0 unspecified atom stereocenters. The van der Waals surface area contributed by atoms with Crippen molar-refractivity contribution in [1.82, 2.24) is 10.6 Å². The lowest BCUT2D eigenvalue weighted by molar-refractivity contribution is 0.149. The zero-order chi connectivity index (χ0) is 17.4. The van der Waals surface area contributed by atoms with E-state index in [1.54, 1.807) is 0 Å². The summed E-state index contributed by atoms with van der Waals surface area (Å²) in [5, 5.41) is 8.48. The van der Waals surface area contributed by atoms with Crippen LogP contribution < -0.4 is 16.0 Å². The first-order valence-corrected chi connectivity index (χ1v) is 7.49. The minimum Gasteiger partial charge on any atom is -0.335 e. The lowest BCUT2D eigenvalue weighted by atomic mass is 9.80. The van der Waals surface area contributed by atoms with Crippen LogP contribution in [-0.4, -0.2) is 23.2 Å². The van der Waals surface area contributed by atoms with E-state index in [2.05, 4.69) is 16.0 Å². The van der Waals surface area contributed by atoms with Crippen LogP contribution in [0.15, 0.2) is 12.1 Å². The van der Waals surface area contributed by atoms with E-state index in [9.17, 15) is 18.0 Å². The number of piperidine rings is 1. The van der Waals surface area contributed by atoms with Crippen LogP contribution in [0.1, 0.15) is 40.5 Å². The molecule has 0 aromatic heterocycles. The number of carbonyl (C=O) groups is 1. The summed E-state index contributed by atoms with van der Waals surface area (Å²) in [6, 6.07) is 0.997. The van der Waals surface area contributed by atoms with Crippen LogP contribution in [0, 0.1) is 17.5 Å². The van der Waals surface area contributed by atoms with Gasteiger partial charge in [0, 0.05) is 17.1 Å². The molecule has 1 heterocycles. The third-order valence-corrected chi connectivity index (χ3v) is 3.81. The molecule has 1 aliphatic heterocycles. The quantitative estimate of drug-likeness (QED) is 0.727. The van der Waals surface area contributed by atoms with Gasteiger partial charge in [-0.15, -0.1) is 0 Å². The van der Waals surface area contributed by atoms with Crippen LogP contribution in [0.4, 0.5) is 23.7 Å². The number of hydrogen-bond acceptors (Lipinski definition) is 2. The van der Waals surface area contributed by atoms with Crippen LogP contribution >= 0.6 is 0 Å². The van der Waals surface area contributed by atoms with Gasteiger partial charge in [-0.3, -0.25) is 0 Å². The maximum Gasteiger partial charge on any atom is 0.319 e. The van der Waals surface area contributed by atoms with Gasteiger partial charge in [0.25, 0.3) is 0 Å². The summed E-state index contributed by atoms with van der Waals surface area (Å²) >= 11 is 0.